The molecule has 0 N–H and O–H groups in total. The molecule has 8 nitrogen and oxygen atoms in total. The molecule has 9 heteroatoms. The number of methoxy groups -OCH3 is 2. The smallest absolute Gasteiger partial charge is 0.378 e. The molecule has 3 aromatic rings. The van der Waals surface area contributed by atoms with E-state index in [4.69, 9.17) is 32.5 Å². The monoisotopic (exact) mass is 405 g/mol. The summed E-state index contributed by atoms with van der Waals surface area (Å²) in [6.07, 6.45) is 0. The average molecular weight is 406 g/mol. The number of rotatable bonds is 3. The second-order valence-corrected chi connectivity index (χ2v) is 6.23. The molecule has 0 aliphatic carbocycles. The number of nitrogens with zero attached hydrogens (tertiary/aromatic N) is 1. The molecule has 28 heavy (non-hydrogen) atoms. The molecule has 0 atom stereocenters. The fourth-order valence-corrected chi connectivity index (χ4v) is 2.66. The zero-order valence-electron chi connectivity index (χ0n) is 15.2. The number of hydrogen-bond donors (Lipinski definition) is 0. The molecule has 0 saturated heterocycles. The normalized spacial score (nSPS) is 10.6. The van der Waals surface area contributed by atoms with Gasteiger partial charge in [0.25, 0.3) is 0 Å². The van der Waals surface area contributed by atoms with Crippen molar-refractivity contribution in [2.45, 2.75) is 6.92 Å². The van der Waals surface area contributed by atoms with Crippen LogP contribution in [-0.2, 0) is 0 Å². The second kappa shape index (κ2) is 8.84. The van der Waals surface area contributed by atoms with Crippen molar-refractivity contribution in [1.82, 2.24) is 0 Å². The van der Waals surface area contributed by atoms with Gasteiger partial charge in [0.2, 0.25) is 0 Å². The Hall–Kier alpha value is -2.93. The molecule has 0 aliphatic rings. The van der Waals surface area contributed by atoms with Gasteiger partial charge in [0, 0.05) is 11.5 Å². The number of benzene rings is 2. The Morgan fingerprint density at radius 2 is 1.43 bits per heavy atom. The van der Waals surface area contributed by atoms with Crippen LogP contribution >= 0.6 is 0 Å². The quantitative estimate of drug-likeness (QED) is 0.545. The van der Waals surface area contributed by atoms with E-state index in [-0.39, 0.29) is 0 Å². The number of fused-ring (bicyclic) bond motifs is 1. The lowest BCUT2D eigenvalue weighted by atomic mass is 10.00. The van der Waals surface area contributed by atoms with Crippen molar-refractivity contribution in [2.24, 2.45) is 0 Å². The first-order chi connectivity index (χ1) is 13.2. The van der Waals surface area contributed by atoms with Crippen LogP contribution in [-0.4, -0.2) is 14.2 Å². The van der Waals surface area contributed by atoms with Gasteiger partial charge in [-0.2, -0.15) is 5.26 Å². The zero-order valence-corrected chi connectivity index (χ0v) is 16.0. The molecular formula is C19H16ClNO7. The van der Waals surface area contributed by atoms with Crippen LogP contribution in [0.1, 0.15) is 11.3 Å². The lowest BCUT2D eigenvalue weighted by Gasteiger charge is -2.17. The fraction of sp³-hybridized carbons (Fsp3) is 0.158. The van der Waals surface area contributed by atoms with E-state index in [2.05, 4.69) is 6.07 Å². The van der Waals surface area contributed by atoms with Crippen molar-refractivity contribution in [3.63, 3.8) is 0 Å². The van der Waals surface area contributed by atoms with Crippen molar-refractivity contribution in [1.29, 1.82) is 5.26 Å². The largest absolute Gasteiger partial charge is 0.493 e. The number of halogens is 1. The number of nitriles is 1. The molecule has 0 fully saturated rings. The number of hydrogen-bond acceptors (Lipinski definition) is 7. The summed E-state index contributed by atoms with van der Waals surface area (Å²) >= 11 is 0. The van der Waals surface area contributed by atoms with Crippen LogP contribution in [0.15, 0.2) is 46.9 Å². The Labute approximate surface area is 163 Å². The van der Waals surface area contributed by atoms with E-state index in [1.807, 2.05) is 49.4 Å². The Kier molecular flexibility index (Phi) is 6.75. The summed E-state index contributed by atoms with van der Waals surface area (Å²) in [4.78, 5) is 0. The highest BCUT2D eigenvalue weighted by molar-refractivity contribution is 5.95. The maximum absolute atomic E-state index is 9.68. The Morgan fingerprint density at radius 3 is 1.89 bits per heavy atom. The minimum absolute atomic E-state index is 0.484. The molecule has 0 saturated carbocycles. The first-order valence-corrected chi connectivity index (χ1v) is 9.02. The summed E-state index contributed by atoms with van der Waals surface area (Å²) in [6.45, 7) is 1.88. The minimum atomic E-state index is -4.94. The van der Waals surface area contributed by atoms with Crippen molar-refractivity contribution in [2.75, 3.05) is 14.2 Å². The highest BCUT2D eigenvalue weighted by Crippen LogP contribution is 2.38. The molecule has 0 unspecified atom stereocenters. The molecule has 0 amide bonds. The van der Waals surface area contributed by atoms with Gasteiger partial charge in [-0.3, -0.25) is 0 Å². The molecule has 2 aromatic carbocycles. The van der Waals surface area contributed by atoms with E-state index in [1.54, 1.807) is 14.2 Å². The van der Waals surface area contributed by atoms with E-state index < -0.39 is 10.2 Å². The minimum Gasteiger partial charge on any atom is -0.493 e. The number of aryl methyl sites for hydroxylation is 1. The molecule has 0 bridgehead atoms. The van der Waals surface area contributed by atoms with E-state index in [0.29, 0.717) is 22.8 Å². The molecule has 146 valence electrons. The lowest BCUT2D eigenvalue weighted by molar-refractivity contribution is -2.00. The summed E-state index contributed by atoms with van der Waals surface area (Å²) in [5.41, 5.74) is 1.35. The van der Waals surface area contributed by atoms with Crippen LogP contribution in [0.4, 0.5) is 0 Å². The highest BCUT2D eigenvalue weighted by Gasteiger charge is 2.26. The molecule has 0 aliphatic heterocycles. The maximum atomic E-state index is 9.68. The summed E-state index contributed by atoms with van der Waals surface area (Å²) in [6, 6.07) is 15.5. The van der Waals surface area contributed by atoms with Crippen molar-refractivity contribution in [3.05, 3.63) is 53.8 Å². The third-order valence-electron chi connectivity index (χ3n) is 3.80. The standard InChI is InChI=1S/C19H16NO3.ClHO4/c1-12-14-9-17(21-2)18(22-3)10-15(14)16(11-20)19(23-12)13-7-5-4-6-8-13;2-1(3,4)5/h4-10H,1-3H3;(H,2,3,4,5)/q+1;/p-1. The van der Waals surface area contributed by atoms with Gasteiger partial charge in [0.15, 0.2) is 17.1 Å². The highest BCUT2D eigenvalue weighted by atomic mass is 35.7. The molecule has 3 rings (SSSR count). The van der Waals surface area contributed by atoms with Crippen LogP contribution in [0.3, 0.4) is 0 Å². The molecular weight excluding hydrogens is 390 g/mol. The zero-order chi connectivity index (χ0) is 20.9. The third kappa shape index (κ3) is 5.07. The van der Waals surface area contributed by atoms with Crippen molar-refractivity contribution >= 4 is 10.8 Å². The van der Waals surface area contributed by atoms with Gasteiger partial charge in [-0.25, -0.2) is 23.1 Å². The van der Waals surface area contributed by atoms with E-state index in [9.17, 15) is 5.26 Å². The van der Waals surface area contributed by atoms with E-state index in [0.717, 1.165) is 22.1 Å². The van der Waals surface area contributed by atoms with Gasteiger partial charge >= 0.3 is 11.5 Å². The molecule has 0 radical (unpaired) electrons. The maximum Gasteiger partial charge on any atom is 0.378 e. The molecule has 0 spiro atoms. The van der Waals surface area contributed by atoms with Crippen LogP contribution in [0, 0.1) is 28.5 Å². The van der Waals surface area contributed by atoms with Gasteiger partial charge < -0.3 is 9.47 Å². The lowest BCUT2D eigenvalue weighted by Crippen LogP contribution is -2.68. The van der Waals surface area contributed by atoms with Gasteiger partial charge in [-0.15, -0.1) is 10.2 Å². The first kappa shape index (κ1) is 21.4. The second-order valence-electron chi connectivity index (χ2n) is 5.47. The Morgan fingerprint density at radius 1 is 0.929 bits per heavy atom. The predicted octanol–water partition coefficient (Wildman–Crippen LogP) is -0.178. The van der Waals surface area contributed by atoms with Crippen LogP contribution in [0.2, 0.25) is 0 Å². The summed E-state index contributed by atoms with van der Waals surface area (Å²) in [7, 11) is -1.78. The fourth-order valence-electron chi connectivity index (χ4n) is 2.66. The molecule has 1 heterocycles. The van der Waals surface area contributed by atoms with Crippen molar-refractivity contribution in [3.8, 4) is 28.9 Å². The van der Waals surface area contributed by atoms with Gasteiger partial charge in [-0.05, 0) is 18.2 Å². The topological polar surface area (TPSA) is 146 Å². The van der Waals surface area contributed by atoms with Gasteiger partial charge in [0.05, 0.1) is 32.1 Å². The van der Waals surface area contributed by atoms with Crippen molar-refractivity contribution < 1.29 is 42.8 Å². The number of ether oxygens (including phenoxy) is 2. The van der Waals surface area contributed by atoms with Crippen LogP contribution in [0.5, 0.6) is 11.5 Å². The van der Waals surface area contributed by atoms with Crippen LogP contribution < -0.4 is 28.1 Å². The average Bonchev–Trinajstić information content (AvgIpc) is 2.66. The van der Waals surface area contributed by atoms with Gasteiger partial charge in [0.1, 0.15) is 6.07 Å². The predicted molar refractivity (Wildman–Crippen MR) is 88.6 cm³/mol. The van der Waals surface area contributed by atoms with E-state index >= 15 is 0 Å². The summed E-state index contributed by atoms with van der Waals surface area (Å²) in [5, 5.41) is 11.3. The van der Waals surface area contributed by atoms with Gasteiger partial charge in [-0.1, -0.05) is 18.2 Å². The van der Waals surface area contributed by atoms with Crippen LogP contribution in [0.25, 0.3) is 22.1 Å². The summed E-state index contributed by atoms with van der Waals surface area (Å²) in [5.74, 6) is 2.47. The Balaban J connectivity index is 0.000000500. The SMILES string of the molecule is COc1cc2c(C)[o+]c(-c3ccccc3)c(C#N)c2cc1OC.[O-][Cl+3]([O-])([O-])[O-]. The third-order valence-corrected chi connectivity index (χ3v) is 3.80. The first-order valence-electron chi connectivity index (χ1n) is 7.79. The molecule has 1 aromatic heterocycles. The summed E-state index contributed by atoms with van der Waals surface area (Å²) < 4.78 is 50.6. The Bertz CT molecular complexity index is 1000. The van der Waals surface area contributed by atoms with E-state index in [1.165, 1.54) is 0 Å².